The number of aryl methyl sites for hydroxylation is 2. The minimum atomic E-state index is -5.65. The van der Waals surface area contributed by atoms with Crippen molar-refractivity contribution in [2.45, 2.75) is 38.4 Å². The summed E-state index contributed by atoms with van der Waals surface area (Å²) in [6, 6.07) is 20.8. The van der Waals surface area contributed by atoms with Crippen molar-refractivity contribution in [3.05, 3.63) is 101 Å². The summed E-state index contributed by atoms with van der Waals surface area (Å²) in [5.74, 6) is 0. The Morgan fingerprint density at radius 3 is 2.00 bits per heavy atom. The molecule has 12 heteroatoms. The monoisotopic (exact) mass is 560 g/mol. The lowest BCUT2D eigenvalue weighted by atomic mass is 10.0. The maximum absolute atomic E-state index is 13.2. The summed E-state index contributed by atoms with van der Waals surface area (Å²) in [4.78, 5) is 15.7. The molecule has 1 atom stereocenters. The Morgan fingerprint density at radius 1 is 0.923 bits per heavy atom. The number of imidazole rings is 1. The number of carboxylic acid groups (broad SMARTS) is 1. The van der Waals surface area contributed by atoms with Gasteiger partial charge in [0.1, 0.15) is 0 Å². The molecule has 206 valence electrons. The number of nitrogens with one attached hydrogen (secondary N) is 1. The number of fused-ring (bicyclic) bond motifs is 1. The summed E-state index contributed by atoms with van der Waals surface area (Å²) < 4.78 is 68.2. The number of sulfonamides is 1. The van der Waals surface area contributed by atoms with Gasteiger partial charge >= 0.3 is 21.6 Å². The van der Waals surface area contributed by atoms with E-state index in [1.807, 2.05) is 50.2 Å². The molecule has 1 heterocycles. The minimum Gasteiger partial charge on any atom is -0.463 e. The molecule has 0 saturated heterocycles. The fourth-order valence-electron chi connectivity index (χ4n) is 4.37. The third-order valence-electron chi connectivity index (χ3n) is 6.32. The Labute approximate surface area is 223 Å². The van der Waals surface area contributed by atoms with E-state index in [1.165, 1.54) is 4.57 Å². The number of benzene rings is 3. The van der Waals surface area contributed by atoms with Crippen molar-refractivity contribution in [3.63, 3.8) is 0 Å². The summed E-state index contributed by atoms with van der Waals surface area (Å²) in [5.41, 5.74) is -0.871. The number of para-hydroxylation sites is 2. The van der Waals surface area contributed by atoms with Gasteiger partial charge in [-0.3, -0.25) is 0 Å². The van der Waals surface area contributed by atoms with E-state index in [4.69, 9.17) is 0 Å². The molecule has 1 amide bonds. The average Bonchev–Trinajstić information content (AvgIpc) is 3.16. The van der Waals surface area contributed by atoms with Crippen LogP contribution in [0.2, 0.25) is 0 Å². The van der Waals surface area contributed by atoms with Crippen molar-refractivity contribution >= 4 is 27.1 Å². The van der Waals surface area contributed by atoms with Gasteiger partial charge in [-0.05, 0) is 43.5 Å². The first-order valence-corrected chi connectivity index (χ1v) is 13.5. The number of aromatic nitrogens is 2. The first-order valence-electron chi connectivity index (χ1n) is 12.0. The highest BCUT2D eigenvalue weighted by Crippen LogP contribution is 2.25. The maximum atomic E-state index is 13.2. The molecule has 8 nitrogen and oxygen atoms in total. The smallest absolute Gasteiger partial charge is 0.463 e. The van der Waals surface area contributed by atoms with Gasteiger partial charge in [-0.25, -0.2) is 17.9 Å². The highest BCUT2D eigenvalue weighted by molar-refractivity contribution is 7.90. The molecule has 1 unspecified atom stereocenters. The number of alkyl halides is 3. The van der Waals surface area contributed by atoms with E-state index in [0.29, 0.717) is 11.0 Å². The number of rotatable bonds is 8. The quantitative estimate of drug-likeness (QED) is 0.320. The first-order chi connectivity index (χ1) is 18.4. The zero-order valence-corrected chi connectivity index (χ0v) is 22.0. The van der Waals surface area contributed by atoms with Gasteiger partial charge < -0.3 is 14.2 Å². The largest absolute Gasteiger partial charge is 0.511 e. The average molecular weight is 561 g/mol. The van der Waals surface area contributed by atoms with Gasteiger partial charge in [0.2, 0.25) is 5.62 Å². The van der Waals surface area contributed by atoms with Crippen LogP contribution in [0.5, 0.6) is 0 Å². The van der Waals surface area contributed by atoms with Crippen molar-refractivity contribution in [1.29, 1.82) is 0 Å². The number of halogens is 3. The highest BCUT2D eigenvalue weighted by Gasteiger charge is 2.46. The maximum Gasteiger partial charge on any atom is 0.511 e. The molecule has 4 rings (SSSR count). The Morgan fingerprint density at radius 2 is 1.46 bits per heavy atom. The third-order valence-corrected chi connectivity index (χ3v) is 7.47. The van der Waals surface area contributed by atoms with Crippen LogP contribution in [0, 0.1) is 13.8 Å². The van der Waals surface area contributed by atoms with Gasteiger partial charge in [-0.1, -0.05) is 71.8 Å². The molecular formula is C27H27F3N4O4S. The van der Waals surface area contributed by atoms with E-state index >= 15 is 0 Å². The van der Waals surface area contributed by atoms with Crippen LogP contribution in [0.15, 0.2) is 77.8 Å². The van der Waals surface area contributed by atoms with E-state index in [-0.39, 0.29) is 18.6 Å². The predicted molar refractivity (Wildman–Crippen MR) is 141 cm³/mol. The Balaban J connectivity index is 1.92. The van der Waals surface area contributed by atoms with Gasteiger partial charge in [0.25, 0.3) is 0 Å². The Hall–Kier alpha value is -3.90. The number of amides is 1. The lowest BCUT2D eigenvalue weighted by Crippen LogP contribution is -2.42. The molecule has 0 aliphatic rings. The summed E-state index contributed by atoms with van der Waals surface area (Å²) in [5, 5.41) is 9.66. The van der Waals surface area contributed by atoms with Crippen molar-refractivity contribution in [2.75, 3.05) is 6.54 Å². The van der Waals surface area contributed by atoms with Gasteiger partial charge in [0, 0.05) is 6.54 Å². The highest BCUT2D eigenvalue weighted by atomic mass is 32.2. The number of hydrogen-bond acceptors (Lipinski definition) is 3. The zero-order chi connectivity index (χ0) is 28.4. The predicted octanol–water partition coefficient (Wildman–Crippen LogP) is 4.91. The zero-order valence-electron chi connectivity index (χ0n) is 21.2. The van der Waals surface area contributed by atoms with Gasteiger partial charge in [-0.2, -0.15) is 13.2 Å². The van der Waals surface area contributed by atoms with Gasteiger partial charge in [0.15, 0.2) is 0 Å². The van der Waals surface area contributed by atoms with Crippen LogP contribution in [0.25, 0.3) is 11.0 Å². The Kier molecular flexibility index (Phi) is 7.98. The number of carbonyl (C=O) groups is 1. The van der Waals surface area contributed by atoms with Crippen LogP contribution in [-0.2, 0) is 23.0 Å². The summed E-state index contributed by atoms with van der Waals surface area (Å²) in [6.07, 6.45) is -1.40. The second-order valence-corrected chi connectivity index (χ2v) is 11.0. The van der Waals surface area contributed by atoms with E-state index in [1.54, 1.807) is 45.7 Å². The topological polar surface area (TPSA) is 106 Å². The van der Waals surface area contributed by atoms with E-state index in [9.17, 15) is 31.5 Å². The molecule has 0 aliphatic carbocycles. The molecule has 0 radical (unpaired) electrons. The molecular weight excluding hydrogens is 533 g/mol. The van der Waals surface area contributed by atoms with E-state index in [2.05, 4.69) is 4.99 Å². The van der Waals surface area contributed by atoms with Gasteiger partial charge in [-0.15, -0.1) is 4.99 Å². The fourth-order valence-corrected chi connectivity index (χ4v) is 4.95. The molecule has 0 aliphatic heterocycles. The van der Waals surface area contributed by atoms with Crippen LogP contribution >= 0.6 is 0 Å². The van der Waals surface area contributed by atoms with Gasteiger partial charge in [0.05, 0.1) is 23.6 Å². The normalized spacial score (nSPS) is 13.6. The van der Waals surface area contributed by atoms with E-state index in [0.717, 1.165) is 22.3 Å². The first kappa shape index (κ1) is 28.1. The lowest BCUT2D eigenvalue weighted by Gasteiger charge is -2.21. The molecule has 1 aromatic heterocycles. The Bertz CT molecular complexity index is 1660. The SMILES string of the molecule is Cc1ccc(CC(CNS(=O)(=O)C(F)(F)F)n2/c(=N\C(=O)O)n(Cc3ccc(C)cc3)c3ccccc32)cc1. The van der Waals surface area contributed by atoms with E-state index < -0.39 is 34.2 Å². The van der Waals surface area contributed by atoms with Crippen LogP contribution in [0.1, 0.15) is 28.3 Å². The molecule has 0 spiro atoms. The van der Waals surface area contributed by atoms with Crippen LogP contribution in [-0.4, -0.2) is 40.8 Å². The number of nitrogens with zero attached hydrogens (tertiary/aromatic N) is 3. The molecule has 3 aromatic carbocycles. The molecule has 39 heavy (non-hydrogen) atoms. The lowest BCUT2D eigenvalue weighted by molar-refractivity contribution is -0.0448. The number of hydrogen-bond donors (Lipinski definition) is 2. The summed E-state index contributed by atoms with van der Waals surface area (Å²) >= 11 is 0. The second kappa shape index (κ2) is 11.1. The summed E-state index contributed by atoms with van der Waals surface area (Å²) in [7, 11) is -5.65. The third kappa shape index (κ3) is 6.40. The second-order valence-electron chi connectivity index (χ2n) is 9.27. The van der Waals surface area contributed by atoms with Crippen LogP contribution in [0.4, 0.5) is 18.0 Å². The van der Waals surface area contributed by atoms with Crippen molar-refractivity contribution in [1.82, 2.24) is 13.9 Å². The standard InChI is InChI=1S/C27H27F3N4O4S/c1-18-7-11-20(12-8-18)15-22(16-31-39(37,38)27(28,29)30)34-24-6-4-3-5-23(24)33(25(34)32-26(35)36)17-21-13-9-19(2)10-14-21/h3-14,22,31H,15-17H2,1-2H3,(H,35,36)/b32-25-. The fraction of sp³-hybridized carbons (Fsp3) is 0.259. The molecule has 0 fully saturated rings. The van der Waals surface area contributed by atoms with Crippen molar-refractivity contribution < 1.29 is 31.5 Å². The minimum absolute atomic E-state index is 0.0346. The molecule has 4 aromatic rings. The molecule has 0 bridgehead atoms. The van der Waals surface area contributed by atoms with Crippen LogP contribution < -0.4 is 10.3 Å². The molecule has 0 saturated carbocycles. The van der Waals surface area contributed by atoms with Crippen molar-refractivity contribution in [3.8, 4) is 0 Å². The van der Waals surface area contributed by atoms with Crippen LogP contribution in [0.3, 0.4) is 0 Å². The summed E-state index contributed by atoms with van der Waals surface area (Å²) in [6.45, 7) is 3.40. The molecule has 2 N–H and O–H groups in total. The van der Waals surface area contributed by atoms with Crippen molar-refractivity contribution in [2.24, 2.45) is 4.99 Å².